The predicted octanol–water partition coefficient (Wildman–Crippen LogP) is 1.68. The second-order valence-electron chi connectivity index (χ2n) is 6.11. The van der Waals surface area contributed by atoms with Gasteiger partial charge in [0.2, 0.25) is 10.0 Å². The van der Waals surface area contributed by atoms with E-state index >= 15 is 0 Å². The number of rotatable bonds is 4. The first-order valence-corrected chi connectivity index (χ1v) is 10.9. The van der Waals surface area contributed by atoms with Crippen LogP contribution >= 0.6 is 0 Å². The van der Waals surface area contributed by atoms with Gasteiger partial charge in [-0.05, 0) is 44.9 Å². The summed E-state index contributed by atoms with van der Waals surface area (Å²) in [7, 11) is -7.16. The van der Waals surface area contributed by atoms with Crippen molar-refractivity contribution in [2.24, 2.45) is 0 Å². The Labute approximate surface area is 147 Å². The molecule has 0 bridgehead atoms. The van der Waals surface area contributed by atoms with Crippen LogP contribution in [0.5, 0.6) is 0 Å². The smallest absolute Gasteiger partial charge is 0.265 e. The number of aromatic amines is 1. The van der Waals surface area contributed by atoms with Crippen LogP contribution in [-0.4, -0.2) is 39.3 Å². The molecule has 0 unspecified atom stereocenters. The number of benzene rings is 1. The van der Waals surface area contributed by atoms with E-state index in [1.165, 1.54) is 4.31 Å². The predicted molar refractivity (Wildman–Crippen MR) is 95.8 cm³/mol. The molecule has 1 aliphatic heterocycles. The molecule has 2 N–H and O–H groups in total. The number of anilines is 2. The van der Waals surface area contributed by atoms with Crippen molar-refractivity contribution in [2.45, 2.75) is 32.1 Å². The SMILES string of the molecule is Cc1ccc(NS(=O)(=O)c2c(C)n[nH]c2C)cc1N1CCCS1(=O)=O. The molecule has 1 fully saturated rings. The largest absolute Gasteiger partial charge is 0.281 e. The highest BCUT2D eigenvalue weighted by molar-refractivity contribution is 7.93. The van der Waals surface area contributed by atoms with E-state index in [2.05, 4.69) is 14.9 Å². The number of aryl methyl sites for hydroxylation is 3. The van der Waals surface area contributed by atoms with Crippen LogP contribution in [0.15, 0.2) is 23.1 Å². The van der Waals surface area contributed by atoms with E-state index in [1.807, 2.05) is 0 Å². The Kier molecular flexibility index (Phi) is 4.28. The Morgan fingerprint density at radius 3 is 2.52 bits per heavy atom. The first-order chi connectivity index (χ1) is 11.6. The number of H-pyrrole nitrogens is 1. The Bertz CT molecular complexity index is 1010. The number of aromatic nitrogens is 2. The van der Waals surface area contributed by atoms with Gasteiger partial charge in [-0.25, -0.2) is 16.8 Å². The first kappa shape index (κ1) is 17.7. The first-order valence-electron chi connectivity index (χ1n) is 7.77. The number of nitrogens with one attached hydrogen (secondary N) is 2. The minimum Gasteiger partial charge on any atom is -0.281 e. The normalized spacial score (nSPS) is 17.0. The summed E-state index contributed by atoms with van der Waals surface area (Å²) >= 11 is 0. The van der Waals surface area contributed by atoms with Gasteiger partial charge in [-0.1, -0.05) is 6.07 Å². The van der Waals surface area contributed by atoms with Crippen LogP contribution in [-0.2, 0) is 20.0 Å². The molecule has 8 nitrogen and oxygen atoms in total. The average Bonchev–Trinajstić information content (AvgIpc) is 3.03. The number of hydrogen-bond donors (Lipinski definition) is 2. The van der Waals surface area contributed by atoms with E-state index in [4.69, 9.17) is 0 Å². The van der Waals surface area contributed by atoms with E-state index in [0.29, 0.717) is 35.7 Å². The van der Waals surface area contributed by atoms with Crippen LogP contribution in [0.2, 0.25) is 0 Å². The molecular formula is C15H20N4O4S2. The molecule has 1 aromatic carbocycles. The molecule has 0 amide bonds. The Hall–Kier alpha value is -2.07. The van der Waals surface area contributed by atoms with Gasteiger partial charge in [0.05, 0.1) is 28.5 Å². The van der Waals surface area contributed by atoms with Gasteiger partial charge in [0, 0.05) is 6.54 Å². The number of nitrogens with zero attached hydrogens (tertiary/aromatic N) is 2. The molecule has 1 aromatic heterocycles. The van der Waals surface area contributed by atoms with Crippen molar-refractivity contribution in [2.75, 3.05) is 21.3 Å². The van der Waals surface area contributed by atoms with Crippen LogP contribution in [0.3, 0.4) is 0 Å². The summed E-state index contributed by atoms with van der Waals surface area (Å²) in [5.41, 5.74) is 2.39. The minimum absolute atomic E-state index is 0.100. The highest BCUT2D eigenvalue weighted by atomic mass is 32.2. The molecular weight excluding hydrogens is 364 g/mol. The van der Waals surface area contributed by atoms with E-state index in [-0.39, 0.29) is 10.6 Å². The topological polar surface area (TPSA) is 112 Å². The Morgan fingerprint density at radius 2 is 1.96 bits per heavy atom. The fourth-order valence-electron chi connectivity index (χ4n) is 2.99. The molecule has 1 aliphatic rings. The second kappa shape index (κ2) is 6.03. The molecule has 136 valence electrons. The summed E-state index contributed by atoms with van der Waals surface area (Å²) in [5, 5.41) is 6.55. The van der Waals surface area contributed by atoms with Gasteiger partial charge in [0.15, 0.2) is 0 Å². The summed E-state index contributed by atoms with van der Waals surface area (Å²) in [4.78, 5) is 0.100. The zero-order valence-electron chi connectivity index (χ0n) is 14.2. The van der Waals surface area contributed by atoms with E-state index in [9.17, 15) is 16.8 Å². The fraction of sp³-hybridized carbons (Fsp3) is 0.400. The Balaban J connectivity index is 1.99. The lowest BCUT2D eigenvalue weighted by Gasteiger charge is -2.20. The summed E-state index contributed by atoms with van der Waals surface area (Å²) in [5.74, 6) is 0.107. The van der Waals surface area contributed by atoms with E-state index in [1.54, 1.807) is 39.0 Å². The average molecular weight is 384 g/mol. The lowest BCUT2D eigenvalue weighted by atomic mass is 10.2. The highest BCUT2D eigenvalue weighted by Gasteiger charge is 2.30. The fourth-order valence-corrected chi connectivity index (χ4v) is 6.04. The van der Waals surface area contributed by atoms with Crippen LogP contribution in [0.4, 0.5) is 11.4 Å². The molecule has 0 radical (unpaired) electrons. The lowest BCUT2D eigenvalue weighted by molar-refractivity contribution is 0.598. The van der Waals surface area contributed by atoms with Crippen LogP contribution in [0, 0.1) is 20.8 Å². The second-order valence-corrected chi connectivity index (χ2v) is 9.74. The van der Waals surface area contributed by atoms with Crippen molar-refractivity contribution >= 4 is 31.4 Å². The third-order valence-electron chi connectivity index (χ3n) is 4.16. The highest BCUT2D eigenvalue weighted by Crippen LogP contribution is 2.31. The van der Waals surface area contributed by atoms with Gasteiger partial charge in [0.1, 0.15) is 4.90 Å². The van der Waals surface area contributed by atoms with E-state index < -0.39 is 20.0 Å². The van der Waals surface area contributed by atoms with Crippen LogP contribution < -0.4 is 9.03 Å². The Morgan fingerprint density at radius 1 is 1.24 bits per heavy atom. The summed E-state index contributed by atoms with van der Waals surface area (Å²) < 4.78 is 53.5. The zero-order valence-corrected chi connectivity index (χ0v) is 15.8. The van der Waals surface area contributed by atoms with Crippen molar-refractivity contribution in [1.29, 1.82) is 0 Å². The standard InChI is InChI=1S/C15H20N4O4S2/c1-10-5-6-13(9-14(10)19-7-4-8-24(19,20)21)18-25(22,23)15-11(2)16-17-12(15)3/h5-6,9,18H,4,7-8H2,1-3H3,(H,16,17). The lowest BCUT2D eigenvalue weighted by Crippen LogP contribution is -2.26. The molecule has 2 heterocycles. The van der Waals surface area contributed by atoms with Gasteiger partial charge in [0.25, 0.3) is 10.0 Å². The maximum Gasteiger partial charge on any atom is 0.265 e. The molecule has 0 atom stereocenters. The van der Waals surface area contributed by atoms with Crippen molar-refractivity contribution in [3.8, 4) is 0 Å². The van der Waals surface area contributed by atoms with Gasteiger partial charge in [-0.2, -0.15) is 5.10 Å². The maximum absolute atomic E-state index is 12.6. The molecule has 2 aromatic rings. The van der Waals surface area contributed by atoms with Crippen molar-refractivity contribution in [1.82, 2.24) is 10.2 Å². The minimum atomic E-state index is -3.82. The van der Waals surface area contributed by atoms with Crippen LogP contribution in [0.1, 0.15) is 23.4 Å². The third kappa shape index (κ3) is 3.23. The molecule has 0 saturated carbocycles. The van der Waals surface area contributed by atoms with Crippen molar-refractivity contribution in [3.05, 3.63) is 35.2 Å². The summed E-state index contributed by atoms with van der Waals surface area (Å²) in [6, 6.07) is 4.88. The maximum atomic E-state index is 12.6. The third-order valence-corrected chi connectivity index (χ3v) is 7.66. The van der Waals surface area contributed by atoms with Gasteiger partial charge in [-0.15, -0.1) is 0 Å². The zero-order chi connectivity index (χ0) is 18.4. The molecule has 25 heavy (non-hydrogen) atoms. The summed E-state index contributed by atoms with van der Waals surface area (Å²) in [6.45, 7) is 5.44. The quantitative estimate of drug-likeness (QED) is 0.833. The van der Waals surface area contributed by atoms with Crippen molar-refractivity contribution < 1.29 is 16.8 Å². The molecule has 0 spiro atoms. The van der Waals surface area contributed by atoms with Crippen LogP contribution in [0.25, 0.3) is 0 Å². The summed E-state index contributed by atoms with van der Waals surface area (Å²) in [6.07, 6.45) is 0.561. The monoisotopic (exact) mass is 384 g/mol. The van der Waals surface area contributed by atoms with E-state index in [0.717, 1.165) is 5.56 Å². The van der Waals surface area contributed by atoms with Gasteiger partial charge in [-0.3, -0.25) is 14.1 Å². The molecule has 0 aliphatic carbocycles. The number of hydrogen-bond acceptors (Lipinski definition) is 5. The van der Waals surface area contributed by atoms with Gasteiger partial charge >= 0.3 is 0 Å². The molecule has 10 heteroatoms. The molecule has 1 saturated heterocycles. The van der Waals surface area contributed by atoms with Crippen molar-refractivity contribution in [3.63, 3.8) is 0 Å². The van der Waals surface area contributed by atoms with Gasteiger partial charge < -0.3 is 0 Å². The molecule has 3 rings (SSSR count). The number of sulfonamides is 2.